The van der Waals surface area contributed by atoms with E-state index in [0.717, 1.165) is 17.7 Å². The third kappa shape index (κ3) is 4.73. The molecular weight excluding hydrogens is 353 g/mol. The van der Waals surface area contributed by atoms with Gasteiger partial charge in [0.15, 0.2) is 5.82 Å². The summed E-state index contributed by atoms with van der Waals surface area (Å²) in [4.78, 5) is 4.30. The molecule has 1 atom stereocenters. The lowest BCUT2D eigenvalue weighted by molar-refractivity contribution is -0.137. The maximum atomic E-state index is 12.8. The molecule has 4 nitrogen and oxygen atoms in total. The lowest BCUT2D eigenvalue weighted by Crippen LogP contribution is -2.08. The van der Waals surface area contributed by atoms with Gasteiger partial charge in [-0.05, 0) is 23.6 Å². The Balaban J connectivity index is 1.72. The third-order valence-electron chi connectivity index (χ3n) is 4.25. The highest BCUT2D eigenvalue weighted by atomic mass is 19.4. The van der Waals surface area contributed by atoms with Crippen molar-refractivity contribution in [3.63, 3.8) is 0 Å². The van der Waals surface area contributed by atoms with Crippen molar-refractivity contribution >= 4 is 0 Å². The first-order chi connectivity index (χ1) is 13.0. The van der Waals surface area contributed by atoms with Crippen LogP contribution in [0.1, 0.15) is 34.9 Å². The SMILES string of the molecule is N#CCC(c1ccccc1)c1ncn(CCc2cccc(C(F)(F)F)c2)n1. The first-order valence-electron chi connectivity index (χ1n) is 8.45. The van der Waals surface area contributed by atoms with Crippen LogP contribution >= 0.6 is 0 Å². The number of alkyl halides is 3. The van der Waals surface area contributed by atoms with Crippen molar-refractivity contribution in [1.29, 1.82) is 5.26 Å². The van der Waals surface area contributed by atoms with Crippen LogP contribution in [-0.2, 0) is 19.1 Å². The van der Waals surface area contributed by atoms with Crippen LogP contribution in [0.25, 0.3) is 0 Å². The Kier molecular flexibility index (Phi) is 5.55. The molecular formula is C20H17F3N4. The first-order valence-corrected chi connectivity index (χ1v) is 8.45. The molecule has 1 heterocycles. The fourth-order valence-electron chi connectivity index (χ4n) is 2.86. The summed E-state index contributed by atoms with van der Waals surface area (Å²) in [6, 6.07) is 17.0. The number of aryl methyl sites for hydroxylation is 2. The summed E-state index contributed by atoms with van der Waals surface area (Å²) >= 11 is 0. The second kappa shape index (κ2) is 8.04. The molecule has 7 heteroatoms. The van der Waals surface area contributed by atoms with Gasteiger partial charge in [0.05, 0.1) is 17.6 Å². The molecule has 3 aromatic rings. The molecule has 2 aromatic carbocycles. The second-order valence-electron chi connectivity index (χ2n) is 6.14. The minimum Gasteiger partial charge on any atom is -0.252 e. The second-order valence-corrected chi connectivity index (χ2v) is 6.14. The summed E-state index contributed by atoms with van der Waals surface area (Å²) in [5.74, 6) is 0.304. The molecule has 1 aromatic heterocycles. The highest BCUT2D eigenvalue weighted by Crippen LogP contribution is 2.29. The molecule has 0 spiro atoms. The average Bonchev–Trinajstić information content (AvgIpc) is 3.13. The van der Waals surface area contributed by atoms with Gasteiger partial charge in [-0.1, -0.05) is 48.5 Å². The molecule has 0 aliphatic heterocycles. The van der Waals surface area contributed by atoms with Crippen molar-refractivity contribution in [3.05, 3.63) is 83.4 Å². The summed E-state index contributed by atoms with van der Waals surface area (Å²) < 4.78 is 40.0. The molecule has 138 valence electrons. The fraction of sp³-hybridized carbons (Fsp3) is 0.250. The van der Waals surface area contributed by atoms with E-state index in [4.69, 9.17) is 5.26 Å². The number of halogens is 3. The van der Waals surface area contributed by atoms with Crippen LogP contribution in [-0.4, -0.2) is 14.8 Å². The van der Waals surface area contributed by atoms with Crippen molar-refractivity contribution in [1.82, 2.24) is 14.8 Å². The van der Waals surface area contributed by atoms with Crippen molar-refractivity contribution in [2.45, 2.75) is 31.5 Å². The number of hydrogen-bond acceptors (Lipinski definition) is 3. The van der Waals surface area contributed by atoms with Gasteiger partial charge in [-0.2, -0.15) is 23.5 Å². The Hall–Kier alpha value is -3.14. The molecule has 1 unspecified atom stereocenters. The van der Waals surface area contributed by atoms with Crippen molar-refractivity contribution in [2.75, 3.05) is 0 Å². The van der Waals surface area contributed by atoms with Crippen molar-refractivity contribution in [3.8, 4) is 6.07 Å². The minimum absolute atomic E-state index is 0.231. The first kappa shape index (κ1) is 18.6. The topological polar surface area (TPSA) is 54.5 Å². The highest BCUT2D eigenvalue weighted by molar-refractivity contribution is 5.27. The zero-order chi connectivity index (χ0) is 19.3. The van der Waals surface area contributed by atoms with Gasteiger partial charge in [0, 0.05) is 13.0 Å². The van der Waals surface area contributed by atoms with Crippen molar-refractivity contribution < 1.29 is 13.2 Å². The zero-order valence-corrected chi connectivity index (χ0v) is 14.4. The average molecular weight is 370 g/mol. The Bertz CT molecular complexity index is 926. The summed E-state index contributed by atoms with van der Waals surface area (Å²) in [6.45, 7) is 0.405. The summed E-state index contributed by atoms with van der Waals surface area (Å²) in [6.07, 6.45) is -2.14. The van der Waals surface area contributed by atoms with E-state index >= 15 is 0 Å². The molecule has 0 aliphatic rings. The maximum Gasteiger partial charge on any atom is 0.416 e. The van der Waals surface area contributed by atoms with Crippen LogP contribution in [0.4, 0.5) is 13.2 Å². The molecule has 0 saturated carbocycles. The van der Waals surface area contributed by atoms with Gasteiger partial charge in [-0.15, -0.1) is 0 Å². The third-order valence-corrected chi connectivity index (χ3v) is 4.25. The minimum atomic E-state index is -4.35. The van der Waals surface area contributed by atoms with Crippen molar-refractivity contribution in [2.24, 2.45) is 0 Å². The van der Waals surface area contributed by atoms with Crippen LogP contribution in [0.15, 0.2) is 60.9 Å². The monoisotopic (exact) mass is 370 g/mol. The van der Waals surface area contributed by atoms with Crippen LogP contribution in [0, 0.1) is 11.3 Å². The predicted molar refractivity (Wildman–Crippen MR) is 93.7 cm³/mol. The molecule has 0 N–H and O–H groups in total. The van der Waals surface area contributed by atoms with E-state index in [1.807, 2.05) is 30.3 Å². The number of nitrogens with zero attached hydrogens (tertiary/aromatic N) is 4. The van der Waals surface area contributed by atoms with Gasteiger partial charge in [-0.25, -0.2) is 4.98 Å². The van der Waals surface area contributed by atoms with Gasteiger partial charge < -0.3 is 0 Å². The number of benzene rings is 2. The molecule has 3 rings (SSSR count). The molecule has 0 saturated heterocycles. The van der Waals surface area contributed by atoms with Crippen LogP contribution < -0.4 is 0 Å². The number of nitriles is 1. The highest BCUT2D eigenvalue weighted by Gasteiger charge is 2.30. The molecule has 0 bridgehead atoms. The van der Waals surface area contributed by atoms with Gasteiger partial charge in [0.25, 0.3) is 0 Å². The van der Waals surface area contributed by atoms with E-state index < -0.39 is 11.7 Å². The Morgan fingerprint density at radius 3 is 2.56 bits per heavy atom. The number of hydrogen-bond donors (Lipinski definition) is 0. The summed E-state index contributed by atoms with van der Waals surface area (Å²) in [7, 11) is 0. The van der Waals surface area contributed by atoms with E-state index in [-0.39, 0.29) is 12.3 Å². The zero-order valence-electron chi connectivity index (χ0n) is 14.4. The molecule has 27 heavy (non-hydrogen) atoms. The molecule has 0 amide bonds. The molecule has 0 radical (unpaired) electrons. The Labute approximate surface area is 154 Å². The lowest BCUT2D eigenvalue weighted by Gasteiger charge is -2.10. The quantitative estimate of drug-likeness (QED) is 0.638. The fourth-order valence-corrected chi connectivity index (χ4v) is 2.86. The smallest absolute Gasteiger partial charge is 0.252 e. The van der Waals surface area contributed by atoms with E-state index in [0.29, 0.717) is 24.4 Å². The van der Waals surface area contributed by atoms with Gasteiger partial charge in [-0.3, -0.25) is 4.68 Å². The van der Waals surface area contributed by atoms with Crippen LogP contribution in [0.5, 0.6) is 0 Å². The van der Waals surface area contributed by atoms with Crippen LogP contribution in [0.2, 0.25) is 0 Å². The molecule has 0 fully saturated rings. The standard InChI is InChI=1S/C20H17F3N4/c21-20(22,23)17-8-4-5-15(13-17)10-12-27-14-25-19(26-27)18(9-11-24)16-6-2-1-3-7-16/h1-8,13-14,18H,9-10,12H2. The van der Waals surface area contributed by atoms with E-state index in [1.165, 1.54) is 6.07 Å². The largest absolute Gasteiger partial charge is 0.416 e. The van der Waals surface area contributed by atoms with E-state index in [1.54, 1.807) is 17.1 Å². The number of rotatable bonds is 6. The van der Waals surface area contributed by atoms with Crippen LogP contribution in [0.3, 0.4) is 0 Å². The van der Waals surface area contributed by atoms with Gasteiger partial charge in [0.1, 0.15) is 6.33 Å². The normalized spacial score (nSPS) is 12.5. The lowest BCUT2D eigenvalue weighted by atomic mass is 9.96. The Morgan fingerprint density at radius 2 is 1.85 bits per heavy atom. The predicted octanol–water partition coefficient (Wildman–Crippen LogP) is 4.59. The van der Waals surface area contributed by atoms with Gasteiger partial charge >= 0.3 is 6.18 Å². The van der Waals surface area contributed by atoms with E-state index in [9.17, 15) is 13.2 Å². The number of aromatic nitrogens is 3. The maximum absolute atomic E-state index is 12.8. The van der Waals surface area contributed by atoms with Gasteiger partial charge in [0.2, 0.25) is 0 Å². The Morgan fingerprint density at radius 1 is 1.07 bits per heavy atom. The van der Waals surface area contributed by atoms with E-state index in [2.05, 4.69) is 16.2 Å². The molecule has 0 aliphatic carbocycles. The summed E-state index contributed by atoms with van der Waals surface area (Å²) in [5, 5.41) is 13.5. The summed E-state index contributed by atoms with van der Waals surface area (Å²) in [5.41, 5.74) is 0.880.